The van der Waals surface area contributed by atoms with Crippen LogP contribution in [0.25, 0.3) is 0 Å². The number of hydrogen-bond donors (Lipinski definition) is 4. The Kier molecular flexibility index (Phi) is 15.5. The fraction of sp³-hybridized carbons (Fsp3) is 0.381. The minimum absolute atomic E-state index is 0.0158. The molecule has 6 rings (SSSR count). The van der Waals surface area contributed by atoms with Crippen LogP contribution in [-0.2, 0) is 50.6 Å². The summed E-state index contributed by atoms with van der Waals surface area (Å²) in [5.41, 5.74) is 1.57. The zero-order valence-corrected chi connectivity index (χ0v) is 34.7. The molecule has 0 radical (unpaired) electrons. The van der Waals surface area contributed by atoms with Crippen LogP contribution < -0.4 is 21.3 Å². The van der Waals surface area contributed by atoms with Gasteiger partial charge in [0.05, 0.1) is 24.3 Å². The predicted molar refractivity (Wildman–Crippen MR) is 223 cm³/mol. The summed E-state index contributed by atoms with van der Waals surface area (Å²) in [5, 5.41) is 11.3. The molecule has 0 saturated carbocycles. The van der Waals surface area contributed by atoms with Crippen LogP contribution in [-0.4, -0.2) is 106 Å². The molecule has 4 N–H and O–H groups in total. The first-order valence-corrected chi connectivity index (χ1v) is 20.4. The minimum Gasteiger partial charge on any atom is -0.506 e. The normalized spacial score (nSPS) is 18.0. The predicted octanol–water partition coefficient (Wildman–Crippen LogP) is 1.65. The molecule has 6 atom stereocenters. The van der Waals surface area contributed by atoms with Gasteiger partial charge in [-0.05, 0) is 35.8 Å². The second-order valence-electron chi connectivity index (χ2n) is 15.8. The van der Waals surface area contributed by atoms with Crippen molar-refractivity contribution in [2.75, 3.05) is 0 Å². The van der Waals surface area contributed by atoms with Gasteiger partial charge in [-0.2, -0.15) is 0 Å². The highest BCUT2D eigenvalue weighted by Crippen LogP contribution is 2.27. The van der Waals surface area contributed by atoms with Gasteiger partial charge < -0.3 is 39.9 Å². The number of carbonyl (C=O) groups is 6. The molecular formula is C42H48B2N8O10. The summed E-state index contributed by atoms with van der Waals surface area (Å²) in [6, 6.07) is 16.0. The van der Waals surface area contributed by atoms with Crippen molar-refractivity contribution < 1.29 is 47.4 Å². The fourth-order valence-corrected chi connectivity index (χ4v) is 7.04. The van der Waals surface area contributed by atoms with Gasteiger partial charge in [-0.15, -0.1) is 0 Å². The molecule has 2 saturated heterocycles. The first-order valence-electron chi connectivity index (χ1n) is 20.4. The largest absolute Gasteiger partial charge is 0.552 e. The molecule has 2 aromatic carbocycles. The van der Waals surface area contributed by atoms with Crippen LogP contribution in [0.3, 0.4) is 0 Å². The molecular weight excluding hydrogens is 798 g/mol. The molecule has 18 nitrogen and oxygen atoms in total. The van der Waals surface area contributed by atoms with Crippen molar-refractivity contribution in [3.8, 4) is 0 Å². The average molecular weight is 847 g/mol. The Morgan fingerprint density at radius 2 is 0.968 bits per heavy atom. The maximum atomic E-state index is 14.0. The Hall–Kier alpha value is -6.53. The third-order valence-corrected chi connectivity index (χ3v) is 9.93. The van der Waals surface area contributed by atoms with E-state index in [4.69, 9.17) is 18.6 Å². The van der Waals surface area contributed by atoms with Crippen molar-refractivity contribution in [2.24, 2.45) is 11.8 Å². The van der Waals surface area contributed by atoms with Crippen LogP contribution >= 0.6 is 0 Å². The van der Waals surface area contributed by atoms with Gasteiger partial charge in [-0.3, -0.25) is 38.7 Å². The van der Waals surface area contributed by atoms with Crippen molar-refractivity contribution in [1.82, 2.24) is 41.2 Å². The van der Waals surface area contributed by atoms with Crippen LogP contribution in [0, 0.1) is 11.8 Å². The number of amides is 4. The van der Waals surface area contributed by atoms with Gasteiger partial charge in [0.15, 0.2) is 12.2 Å². The molecule has 2 aliphatic heterocycles. The van der Waals surface area contributed by atoms with Crippen molar-refractivity contribution in [3.63, 3.8) is 0 Å². The van der Waals surface area contributed by atoms with Gasteiger partial charge in [-0.1, -0.05) is 88.4 Å². The molecule has 4 amide bonds. The van der Waals surface area contributed by atoms with Crippen LogP contribution in [0.15, 0.2) is 97.8 Å². The van der Waals surface area contributed by atoms with Crippen LogP contribution in [0.5, 0.6) is 0 Å². The first-order chi connectivity index (χ1) is 29.8. The first kappa shape index (κ1) is 45.0. The Balaban J connectivity index is 1.15. The van der Waals surface area contributed by atoms with Crippen molar-refractivity contribution in [2.45, 2.75) is 89.6 Å². The zero-order valence-electron chi connectivity index (χ0n) is 34.7. The van der Waals surface area contributed by atoms with Crippen LogP contribution in [0.2, 0.25) is 0 Å². The van der Waals surface area contributed by atoms with E-state index in [2.05, 4.69) is 41.2 Å². The second-order valence-corrected chi connectivity index (χ2v) is 15.8. The molecule has 20 heteroatoms. The summed E-state index contributed by atoms with van der Waals surface area (Å²) in [7, 11) is -2.68. The lowest BCUT2D eigenvalue weighted by atomic mass is 9.73. The van der Waals surface area contributed by atoms with E-state index in [1.807, 2.05) is 88.4 Å². The molecule has 2 fully saturated rings. The molecule has 2 aromatic heterocycles. The Labute approximate surface area is 359 Å². The topological polar surface area (TPSA) is 239 Å². The summed E-state index contributed by atoms with van der Waals surface area (Å²) in [6.45, 7) is 7.62. The second kappa shape index (κ2) is 21.3. The maximum absolute atomic E-state index is 14.0. The van der Waals surface area contributed by atoms with Gasteiger partial charge in [0.1, 0.15) is 23.5 Å². The van der Waals surface area contributed by atoms with Gasteiger partial charge >= 0.3 is 26.2 Å². The molecule has 4 aromatic rings. The van der Waals surface area contributed by atoms with Gasteiger partial charge in [-0.25, -0.2) is 9.97 Å². The minimum atomic E-state index is -1.58. The average Bonchev–Trinajstić information content (AvgIpc) is 3.85. The molecule has 0 aliphatic carbocycles. The van der Waals surface area contributed by atoms with Gasteiger partial charge in [0, 0.05) is 37.6 Å². The van der Waals surface area contributed by atoms with E-state index >= 15 is 0 Å². The lowest BCUT2D eigenvalue weighted by Gasteiger charge is -2.25. The molecule has 2 unspecified atom stereocenters. The third-order valence-electron chi connectivity index (χ3n) is 9.93. The molecule has 2 aliphatic rings. The maximum Gasteiger partial charge on any atom is 0.552 e. The summed E-state index contributed by atoms with van der Waals surface area (Å²) in [4.78, 5) is 97.1. The lowest BCUT2D eigenvalue weighted by molar-refractivity contribution is -0.147. The molecule has 322 valence electrons. The van der Waals surface area contributed by atoms with E-state index in [0.29, 0.717) is 0 Å². The van der Waals surface area contributed by atoms with Crippen molar-refractivity contribution >= 4 is 49.8 Å². The van der Waals surface area contributed by atoms with E-state index in [1.165, 1.54) is 37.2 Å². The third kappa shape index (κ3) is 12.3. The highest BCUT2D eigenvalue weighted by Gasteiger charge is 2.57. The van der Waals surface area contributed by atoms with Crippen molar-refractivity contribution in [1.29, 1.82) is 0 Å². The number of rotatable bonds is 19. The lowest BCUT2D eigenvalue weighted by Crippen LogP contribution is -2.56. The van der Waals surface area contributed by atoms with Gasteiger partial charge in [0.25, 0.3) is 11.8 Å². The summed E-state index contributed by atoms with van der Waals surface area (Å²) in [5.74, 6) is -6.12. The van der Waals surface area contributed by atoms with Crippen LogP contribution in [0.1, 0.15) is 72.6 Å². The smallest absolute Gasteiger partial charge is 0.506 e. The van der Waals surface area contributed by atoms with E-state index in [9.17, 15) is 28.8 Å². The summed E-state index contributed by atoms with van der Waals surface area (Å²) >= 11 is 0. The summed E-state index contributed by atoms with van der Waals surface area (Å²) in [6.07, 6.45) is 5.80. The van der Waals surface area contributed by atoms with E-state index in [1.54, 1.807) is 0 Å². The number of nitrogens with one attached hydrogen (secondary N) is 4. The van der Waals surface area contributed by atoms with Crippen molar-refractivity contribution in [3.05, 3.63) is 120 Å². The molecule has 62 heavy (non-hydrogen) atoms. The Morgan fingerprint density at radius 1 is 0.581 bits per heavy atom. The fourth-order valence-electron chi connectivity index (χ4n) is 7.04. The highest BCUT2D eigenvalue weighted by molar-refractivity contribution is 6.53. The number of carbonyl (C=O) groups excluding carboxylic acids is 6. The van der Waals surface area contributed by atoms with Crippen LogP contribution in [0.4, 0.5) is 0 Å². The Bertz CT molecular complexity index is 2010. The quantitative estimate of drug-likeness (QED) is 0.0983. The monoisotopic (exact) mass is 846 g/mol. The van der Waals surface area contributed by atoms with E-state index in [0.717, 1.165) is 11.1 Å². The standard InChI is InChI=1S/C42H48B2N8O10/c1-25(2)19-33(51-37(53)29(21-27-11-7-5-8-12-27)49-39(55)31-23-45-15-17-47-31)43-59-35(41(57)61-43)36-42(58)62-44(60-36)34(20-26(3)4)52-38(54)30(22-28-13-9-6-10-14-28)50-40(56)32-24-46-16-18-48-32/h5-18,23-26,29-30,33-36H,19-22H2,1-4H3,(H,49,55)(H,50,56)(H,51,53)(H,52,54)/t29-,30-,33-,34-,35?,36?/m0/s1. The summed E-state index contributed by atoms with van der Waals surface area (Å²) < 4.78 is 23.4. The Morgan fingerprint density at radius 3 is 1.31 bits per heavy atom. The number of nitrogens with zero attached hydrogens (tertiary/aromatic N) is 4. The molecule has 0 bridgehead atoms. The SMILES string of the molecule is CC(C)C[C@H](NC(=O)[C@H](Cc1ccccc1)NC(=O)c1cnccn1)B1OC(=O)C(C2OB([C@H](CC(C)C)NC(=O)[C@H](Cc3ccccc3)NC(=O)c3cnccn3)OC2=O)O1. The van der Waals surface area contributed by atoms with E-state index in [-0.39, 0.29) is 48.9 Å². The number of aromatic nitrogens is 4. The molecule has 0 spiro atoms. The molecule has 4 heterocycles. The number of benzene rings is 2. The number of hydrogen-bond acceptors (Lipinski definition) is 14. The highest BCUT2D eigenvalue weighted by atomic mass is 16.7. The zero-order chi connectivity index (χ0) is 44.2. The van der Waals surface area contributed by atoms with E-state index < -0.39 is 86.0 Å². The van der Waals surface area contributed by atoms with Gasteiger partial charge in [0.2, 0.25) is 11.8 Å².